The van der Waals surface area contributed by atoms with Crippen molar-refractivity contribution in [3.8, 4) is 0 Å². The van der Waals surface area contributed by atoms with Gasteiger partial charge in [-0.15, -0.1) is 9.24 Å². The molecule has 1 aliphatic carbocycles. The van der Waals surface area contributed by atoms with Crippen LogP contribution < -0.4 is 0 Å². The molecule has 4 nitrogen and oxygen atoms in total. The summed E-state index contributed by atoms with van der Waals surface area (Å²) in [7, 11) is 2.99. The summed E-state index contributed by atoms with van der Waals surface area (Å²) in [6.45, 7) is 12.5. The van der Waals surface area contributed by atoms with Crippen LogP contribution in [0.25, 0.3) is 0 Å². The molecule has 0 saturated carbocycles. The van der Waals surface area contributed by atoms with Crippen LogP contribution >= 0.6 is 9.24 Å². The van der Waals surface area contributed by atoms with Gasteiger partial charge in [0.15, 0.2) is 0 Å². The third-order valence-corrected chi connectivity index (χ3v) is 8.93. The Morgan fingerprint density at radius 3 is 2.45 bits per heavy atom. The largest absolute Gasteiger partial charge is 0.481 e. The van der Waals surface area contributed by atoms with Gasteiger partial charge in [0.1, 0.15) is 0 Å². The third-order valence-electron chi connectivity index (χ3n) is 7.89. The summed E-state index contributed by atoms with van der Waals surface area (Å²) >= 11 is 0. The molecule has 0 radical (unpaired) electrons. The van der Waals surface area contributed by atoms with E-state index in [4.69, 9.17) is 5.11 Å². The molecular weight excluding hydrogens is 431 g/mol. The topological polar surface area (TPSA) is 77.8 Å². The number of allylic oxidation sites excluding steroid dienone is 3. The molecule has 0 bridgehead atoms. The van der Waals surface area contributed by atoms with Crippen molar-refractivity contribution >= 4 is 15.2 Å². The third kappa shape index (κ3) is 11.5. The second-order valence-corrected chi connectivity index (χ2v) is 11.9. The van der Waals surface area contributed by atoms with E-state index in [0.717, 1.165) is 32.1 Å². The summed E-state index contributed by atoms with van der Waals surface area (Å²) in [4.78, 5) is 10.9. The van der Waals surface area contributed by atoms with E-state index >= 15 is 0 Å². The number of carboxylic acid groups (broad SMARTS) is 1. The van der Waals surface area contributed by atoms with Crippen molar-refractivity contribution in [3.05, 3.63) is 23.3 Å². The fraction of sp³-hybridized carbons (Fsp3) is 0.821. The van der Waals surface area contributed by atoms with E-state index in [0.29, 0.717) is 36.3 Å². The van der Waals surface area contributed by atoms with Crippen molar-refractivity contribution in [1.29, 1.82) is 0 Å². The van der Waals surface area contributed by atoms with E-state index in [1.807, 2.05) is 6.92 Å². The zero-order valence-electron chi connectivity index (χ0n) is 22.0. The van der Waals surface area contributed by atoms with Gasteiger partial charge < -0.3 is 15.3 Å². The molecule has 8 atom stereocenters. The molecule has 3 N–H and O–H groups in total. The van der Waals surface area contributed by atoms with E-state index in [1.54, 1.807) is 6.92 Å². The van der Waals surface area contributed by atoms with E-state index < -0.39 is 11.6 Å². The maximum atomic E-state index is 10.9. The molecule has 0 aromatic heterocycles. The first kappa shape index (κ1) is 30.3. The number of aliphatic hydroxyl groups is 2. The van der Waals surface area contributed by atoms with Crippen molar-refractivity contribution < 1.29 is 20.1 Å². The molecule has 0 aromatic rings. The predicted octanol–water partition coefficient (Wildman–Crippen LogP) is 6.76. The number of aliphatic carboxylic acids is 1. The average Bonchev–Trinajstić information content (AvgIpc) is 2.73. The van der Waals surface area contributed by atoms with Crippen LogP contribution in [0.1, 0.15) is 106 Å². The predicted molar refractivity (Wildman–Crippen MR) is 142 cm³/mol. The van der Waals surface area contributed by atoms with Gasteiger partial charge in [-0.2, -0.15) is 0 Å². The zero-order chi connectivity index (χ0) is 25.2. The summed E-state index contributed by atoms with van der Waals surface area (Å²) in [6.07, 6.45) is 13.4. The summed E-state index contributed by atoms with van der Waals surface area (Å²) in [6, 6.07) is 0. The van der Waals surface area contributed by atoms with Gasteiger partial charge in [0.25, 0.3) is 0 Å². The molecule has 1 aliphatic rings. The van der Waals surface area contributed by atoms with E-state index in [-0.39, 0.29) is 12.0 Å². The molecule has 8 unspecified atom stereocenters. The van der Waals surface area contributed by atoms with Crippen LogP contribution in [0, 0.1) is 23.7 Å². The second-order valence-electron chi connectivity index (χ2n) is 11.2. The maximum Gasteiger partial charge on any atom is 0.306 e. The highest BCUT2D eigenvalue weighted by Crippen LogP contribution is 2.37. The number of rotatable bonds is 15. The van der Waals surface area contributed by atoms with Gasteiger partial charge in [0.05, 0.1) is 17.6 Å². The van der Waals surface area contributed by atoms with Crippen molar-refractivity contribution in [1.82, 2.24) is 0 Å². The van der Waals surface area contributed by atoms with Crippen LogP contribution in [0.4, 0.5) is 0 Å². The Morgan fingerprint density at radius 1 is 1.15 bits per heavy atom. The van der Waals surface area contributed by atoms with Crippen molar-refractivity contribution in [2.45, 2.75) is 123 Å². The minimum atomic E-state index is -0.759. The molecule has 0 heterocycles. The van der Waals surface area contributed by atoms with Crippen molar-refractivity contribution in [2.75, 3.05) is 0 Å². The lowest BCUT2D eigenvalue weighted by Gasteiger charge is -2.36. The van der Waals surface area contributed by atoms with Gasteiger partial charge in [-0.3, -0.25) is 4.79 Å². The molecule has 1 rings (SSSR count). The molecule has 0 aliphatic heterocycles. The van der Waals surface area contributed by atoms with E-state index in [9.17, 15) is 15.0 Å². The minimum absolute atomic E-state index is 0.302. The lowest BCUT2D eigenvalue weighted by Crippen LogP contribution is -2.34. The highest BCUT2D eigenvalue weighted by molar-refractivity contribution is 7.18. The fourth-order valence-electron chi connectivity index (χ4n) is 4.76. The van der Waals surface area contributed by atoms with Crippen LogP contribution in [-0.2, 0) is 4.79 Å². The summed E-state index contributed by atoms with van der Waals surface area (Å²) in [5.41, 5.74) is 2.56. The molecule has 0 spiro atoms. The first-order valence-corrected chi connectivity index (χ1v) is 13.8. The fourth-order valence-corrected chi connectivity index (χ4v) is 5.39. The Kier molecular flexibility index (Phi) is 13.5. The number of hydrogen-bond acceptors (Lipinski definition) is 3. The minimum Gasteiger partial charge on any atom is -0.481 e. The number of carbonyl (C=O) groups is 1. The summed E-state index contributed by atoms with van der Waals surface area (Å²) in [5.74, 6) is 0.405. The maximum absolute atomic E-state index is 10.9. The average molecular weight is 483 g/mol. The highest BCUT2D eigenvalue weighted by atomic mass is 31.0. The van der Waals surface area contributed by atoms with E-state index in [2.05, 4.69) is 49.1 Å². The molecule has 0 aromatic carbocycles. The Bertz CT molecular complexity index is 654. The Morgan fingerprint density at radius 2 is 1.82 bits per heavy atom. The van der Waals surface area contributed by atoms with Gasteiger partial charge >= 0.3 is 5.97 Å². The molecule has 0 amide bonds. The van der Waals surface area contributed by atoms with Crippen molar-refractivity contribution in [3.63, 3.8) is 0 Å². The number of aliphatic hydroxyl groups excluding tert-OH is 1. The van der Waals surface area contributed by atoms with Crippen LogP contribution in [-0.4, -0.2) is 38.7 Å². The molecular formula is C28H51O4P. The molecule has 192 valence electrons. The van der Waals surface area contributed by atoms with Crippen LogP contribution in [0.5, 0.6) is 0 Å². The molecule has 0 saturated heterocycles. The Hall–Kier alpha value is -0.700. The molecule has 33 heavy (non-hydrogen) atoms. The quantitative estimate of drug-likeness (QED) is 0.178. The smallest absolute Gasteiger partial charge is 0.306 e. The van der Waals surface area contributed by atoms with Crippen LogP contribution in [0.15, 0.2) is 23.3 Å². The molecule has 0 fully saturated rings. The lowest BCUT2D eigenvalue weighted by atomic mass is 9.78. The van der Waals surface area contributed by atoms with Crippen LogP contribution in [0.2, 0.25) is 0 Å². The second kappa shape index (κ2) is 14.6. The highest BCUT2D eigenvalue weighted by Gasteiger charge is 2.31. The number of carboxylic acids is 1. The van der Waals surface area contributed by atoms with Crippen LogP contribution in [0.3, 0.4) is 0 Å². The monoisotopic (exact) mass is 482 g/mol. The summed E-state index contributed by atoms with van der Waals surface area (Å²) in [5, 5.41) is 29.8. The van der Waals surface area contributed by atoms with Gasteiger partial charge in [-0.1, -0.05) is 57.4 Å². The SMILES string of the molecule is C/C(=C\CCC(C)(O)CCCC(C)C(=O)O)CCCC(C)CCC1=CC(O)C(C)C(C)C1P. The van der Waals surface area contributed by atoms with Gasteiger partial charge in [-0.25, -0.2) is 0 Å². The normalized spacial score (nSPS) is 27.5. The standard InChI is InChI=1S/C28H51O4P/c1-19(12-8-16-28(6,32)17-9-13-21(3)27(30)31)10-7-11-20(2)14-15-24-18-25(29)22(4)23(5)26(24)33/h12,18,20-23,25-26,29,32H,7-11,13-17,33H2,1-6H3,(H,30,31)/b19-12+. The Balaban J connectivity index is 2.26. The zero-order valence-corrected chi connectivity index (χ0v) is 23.2. The molecule has 5 heteroatoms. The van der Waals surface area contributed by atoms with Gasteiger partial charge in [-0.05, 0) is 95.0 Å². The summed E-state index contributed by atoms with van der Waals surface area (Å²) < 4.78 is 0. The Labute approximate surface area is 205 Å². The van der Waals surface area contributed by atoms with Gasteiger partial charge in [0.2, 0.25) is 0 Å². The van der Waals surface area contributed by atoms with Crippen molar-refractivity contribution in [2.24, 2.45) is 23.7 Å². The van der Waals surface area contributed by atoms with Gasteiger partial charge in [0, 0.05) is 0 Å². The van der Waals surface area contributed by atoms with E-state index in [1.165, 1.54) is 30.4 Å². The number of hydrogen-bond donors (Lipinski definition) is 3. The first-order valence-electron chi connectivity index (χ1n) is 13.1. The lowest BCUT2D eigenvalue weighted by molar-refractivity contribution is -0.141. The first-order chi connectivity index (χ1) is 15.3.